The minimum absolute atomic E-state index is 0.168. The quantitative estimate of drug-likeness (QED) is 0.373. The number of anilines is 1. The first-order chi connectivity index (χ1) is 15.2. The van der Waals surface area contributed by atoms with Gasteiger partial charge in [0.2, 0.25) is 0 Å². The van der Waals surface area contributed by atoms with Crippen LogP contribution in [0.3, 0.4) is 0 Å². The molecule has 31 heavy (non-hydrogen) atoms. The van der Waals surface area contributed by atoms with Crippen LogP contribution in [0.15, 0.2) is 90.5 Å². The molecule has 2 heteroatoms. The molecule has 2 nitrogen and oxygen atoms in total. The minimum Gasteiger partial charge on any atom is -0.374 e. The van der Waals surface area contributed by atoms with Crippen molar-refractivity contribution in [2.24, 2.45) is 10.9 Å². The fourth-order valence-corrected chi connectivity index (χ4v) is 4.51. The predicted molar refractivity (Wildman–Crippen MR) is 136 cm³/mol. The summed E-state index contributed by atoms with van der Waals surface area (Å²) in [5, 5.41) is 3.77. The molecule has 1 saturated carbocycles. The fraction of sp³-hybridized carbons (Fsp3) is 0.345. The molecule has 2 aliphatic rings. The van der Waals surface area contributed by atoms with Gasteiger partial charge in [-0.15, -0.1) is 13.2 Å². The van der Waals surface area contributed by atoms with E-state index >= 15 is 0 Å². The number of rotatable bonds is 6. The second kappa shape index (κ2) is 11.5. The molecule has 1 atom stereocenters. The van der Waals surface area contributed by atoms with Crippen molar-refractivity contribution in [2.45, 2.75) is 58.4 Å². The van der Waals surface area contributed by atoms with Gasteiger partial charge in [0.25, 0.3) is 0 Å². The van der Waals surface area contributed by atoms with E-state index < -0.39 is 0 Å². The van der Waals surface area contributed by atoms with Crippen molar-refractivity contribution in [1.29, 1.82) is 0 Å². The monoisotopic (exact) mass is 412 g/mol. The lowest BCUT2D eigenvalue weighted by molar-refractivity contribution is 0.725. The van der Waals surface area contributed by atoms with E-state index in [-0.39, 0.29) is 6.04 Å². The summed E-state index contributed by atoms with van der Waals surface area (Å²) in [4.78, 5) is 4.98. The number of benzene rings is 2. The Labute approximate surface area is 188 Å². The summed E-state index contributed by atoms with van der Waals surface area (Å²) in [5.41, 5.74) is 7.42. The molecule has 0 heterocycles. The Bertz CT molecular complexity index is 930. The lowest BCUT2D eigenvalue weighted by atomic mass is 9.94. The van der Waals surface area contributed by atoms with E-state index in [1.165, 1.54) is 48.1 Å². The molecule has 2 aromatic rings. The number of hydrogen-bond acceptors (Lipinski definition) is 2. The summed E-state index contributed by atoms with van der Waals surface area (Å²) in [7, 11) is 0. The second-order valence-corrected chi connectivity index (χ2v) is 8.41. The number of nitrogens with zero attached hydrogens (tertiary/aromatic N) is 1. The number of allylic oxidation sites excluding steroid dienone is 2. The van der Waals surface area contributed by atoms with Gasteiger partial charge < -0.3 is 5.32 Å². The molecule has 2 aromatic carbocycles. The third-order valence-electron chi connectivity index (χ3n) is 6.24. The largest absolute Gasteiger partial charge is 0.374 e. The summed E-state index contributed by atoms with van der Waals surface area (Å²) < 4.78 is 0. The van der Waals surface area contributed by atoms with Gasteiger partial charge in [0, 0.05) is 11.4 Å². The third-order valence-corrected chi connectivity index (χ3v) is 6.24. The van der Waals surface area contributed by atoms with Gasteiger partial charge in [-0.05, 0) is 80.3 Å². The van der Waals surface area contributed by atoms with Crippen LogP contribution < -0.4 is 5.32 Å². The molecular formula is C29H36N2. The van der Waals surface area contributed by atoms with Gasteiger partial charge in [0.15, 0.2) is 0 Å². The van der Waals surface area contributed by atoms with Crippen LogP contribution in [-0.4, -0.2) is 5.71 Å². The first-order valence-electron chi connectivity index (χ1n) is 11.5. The fourth-order valence-electron chi connectivity index (χ4n) is 4.51. The van der Waals surface area contributed by atoms with E-state index in [4.69, 9.17) is 4.99 Å². The molecule has 1 fully saturated rings. The summed E-state index contributed by atoms with van der Waals surface area (Å²) in [5.74, 6) is 0.680. The highest BCUT2D eigenvalue weighted by atomic mass is 14.9. The second-order valence-electron chi connectivity index (χ2n) is 8.41. The highest BCUT2D eigenvalue weighted by molar-refractivity contribution is 5.87. The highest BCUT2D eigenvalue weighted by Gasteiger charge is 2.18. The van der Waals surface area contributed by atoms with Crippen molar-refractivity contribution in [1.82, 2.24) is 0 Å². The number of hydrogen-bond donors (Lipinski definition) is 1. The Morgan fingerprint density at radius 2 is 1.77 bits per heavy atom. The van der Waals surface area contributed by atoms with Crippen molar-refractivity contribution in [3.8, 4) is 0 Å². The van der Waals surface area contributed by atoms with Crippen molar-refractivity contribution in [2.75, 3.05) is 5.32 Å². The van der Waals surface area contributed by atoms with Gasteiger partial charge in [-0.2, -0.15) is 0 Å². The average molecular weight is 413 g/mol. The van der Waals surface area contributed by atoms with Gasteiger partial charge in [0.05, 0.1) is 11.7 Å². The molecule has 4 rings (SSSR count). The molecule has 162 valence electrons. The standard InChI is InChI=1S/C27H32N2.C2H4/c1-20-19-25(17-18-26(20)28-21(2)22-11-9-10-12-22)29-27(23-13-5-3-6-14-23)24-15-7-4-8-16-24;1-2/h3,5-7,13-19,22,27,29H,4,8-12H2,1-2H3;1-2H2. The van der Waals surface area contributed by atoms with E-state index in [0.29, 0.717) is 5.92 Å². The molecule has 0 saturated heterocycles. The third kappa shape index (κ3) is 6.07. The van der Waals surface area contributed by atoms with Crippen molar-refractivity contribution in [3.05, 3.63) is 96.6 Å². The molecule has 0 aromatic heterocycles. The van der Waals surface area contributed by atoms with E-state index in [0.717, 1.165) is 24.2 Å². The molecule has 0 bridgehead atoms. The molecule has 1 N–H and O–H groups in total. The first kappa shape index (κ1) is 22.8. The normalized spacial score (nSPS) is 17.5. The highest BCUT2D eigenvalue weighted by Crippen LogP contribution is 2.33. The van der Waals surface area contributed by atoms with Crippen molar-refractivity contribution in [3.63, 3.8) is 0 Å². The summed E-state index contributed by atoms with van der Waals surface area (Å²) in [6.07, 6.45) is 14.5. The lowest BCUT2D eigenvalue weighted by Crippen LogP contribution is -2.13. The van der Waals surface area contributed by atoms with Crippen LogP contribution in [0.4, 0.5) is 11.4 Å². The molecule has 0 amide bonds. The first-order valence-corrected chi connectivity index (χ1v) is 11.5. The predicted octanol–water partition coefficient (Wildman–Crippen LogP) is 8.51. The zero-order valence-corrected chi connectivity index (χ0v) is 19.1. The van der Waals surface area contributed by atoms with E-state index in [1.807, 2.05) is 0 Å². The molecular weight excluding hydrogens is 376 g/mol. The Balaban J connectivity index is 0.00000132. The minimum atomic E-state index is 0.168. The number of nitrogens with one attached hydrogen (secondary N) is 1. The van der Waals surface area contributed by atoms with Gasteiger partial charge in [0.1, 0.15) is 0 Å². The Morgan fingerprint density at radius 3 is 2.42 bits per heavy atom. The van der Waals surface area contributed by atoms with Crippen molar-refractivity contribution >= 4 is 17.1 Å². The molecule has 0 aliphatic heterocycles. The van der Waals surface area contributed by atoms with Gasteiger partial charge in [-0.1, -0.05) is 61.4 Å². The van der Waals surface area contributed by atoms with Crippen LogP contribution >= 0.6 is 0 Å². The maximum atomic E-state index is 4.98. The van der Waals surface area contributed by atoms with Crippen molar-refractivity contribution < 1.29 is 0 Å². The summed E-state index contributed by atoms with van der Waals surface area (Å²) in [6, 6.07) is 17.5. The summed E-state index contributed by atoms with van der Waals surface area (Å²) in [6.45, 7) is 10.4. The Morgan fingerprint density at radius 1 is 1.03 bits per heavy atom. The zero-order valence-electron chi connectivity index (χ0n) is 19.1. The van der Waals surface area contributed by atoms with Crippen LogP contribution in [0.25, 0.3) is 0 Å². The van der Waals surface area contributed by atoms with Gasteiger partial charge in [-0.3, -0.25) is 4.99 Å². The van der Waals surface area contributed by atoms with E-state index in [9.17, 15) is 0 Å². The maximum absolute atomic E-state index is 4.98. The molecule has 2 aliphatic carbocycles. The van der Waals surface area contributed by atoms with Crippen LogP contribution in [0.1, 0.15) is 62.6 Å². The molecule has 0 radical (unpaired) electrons. The van der Waals surface area contributed by atoms with Gasteiger partial charge in [-0.25, -0.2) is 0 Å². The lowest BCUT2D eigenvalue weighted by Gasteiger charge is -2.24. The molecule has 0 spiro atoms. The Kier molecular flexibility index (Phi) is 8.46. The van der Waals surface area contributed by atoms with Crippen LogP contribution in [0.2, 0.25) is 0 Å². The van der Waals surface area contributed by atoms with Crippen LogP contribution in [-0.2, 0) is 0 Å². The SMILES string of the molecule is C=C.CC(=Nc1ccc(NC(C2=CCCC=C2)c2ccccc2)cc1C)C1CCCC1. The smallest absolute Gasteiger partial charge is 0.0764 e. The number of aryl methyl sites for hydroxylation is 1. The Hall–Kier alpha value is -2.87. The number of aliphatic imine (C=N–C) groups is 1. The maximum Gasteiger partial charge on any atom is 0.0764 e. The van der Waals surface area contributed by atoms with E-state index in [2.05, 4.69) is 99.1 Å². The summed E-state index contributed by atoms with van der Waals surface area (Å²) >= 11 is 0. The van der Waals surface area contributed by atoms with Crippen LogP contribution in [0, 0.1) is 12.8 Å². The average Bonchev–Trinajstić information content (AvgIpc) is 3.37. The van der Waals surface area contributed by atoms with E-state index in [1.54, 1.807) is 0 Å². The topological polar surface area (TPSA) is 24.4 Å². The zero-order chi connectivity index (χ0) is 22.1. The van der Waals surface area contributed by atoms with Crippen LogP contribution in [0.5, 0.6) is 0 Å². The molecule has 1 unspecified atom stereocenters. The van der Waals surface area contributed by atoms with Gasteiger partial charge >= 0.3 is 0 Å².